The highest BCUT2D eigenvalue weighted by atomic mass is 16.6. The number of carbonyl (C=O) groups is 2. The molecule has 4 atom stereocenters. The number of benzene rings is 2. The molecular weight excluding hydrogens is 422 g/mol. The van der Waals surface area contributed by atoms with Gasteiger partial charge in [0, 0.05) is 35.3 Å². The van der Waals surface area contributed by atoms with Gasteiger partial charge in [-0.15, -0.1) is 0 Å². The van der Waals surface area contributed by atoms with Crippen LogP contribution in [0.3, 0.4) is 0 Å². The molecule has 2 saturated heterocycles. The molecule has 0 aliphatic carbocycles. The van der Waals surface area contributed by atoms with Gasteiger partial charge in [0.1, 0.15) is 5.54 Å². The van der Waals surface area contributed by atoms with E-state index >= 15 is 0 Å². The number of Topliss-reactive ketones (excluding diaryl/α,β-unsaturated/α-hetero) is 1. The molecule has 8 nitrogen and oxygen atoms in total. The lowest BCUT2D eigenvalue weighted by molar-refractivity contribution is -0.384. The van der Waals surface area contributed by atoms with E-state index in [1.54, 1.807) is 24.3 Å². The van der Waals surface area contributed by atoms with Crippen molar-refractivity contribution in [2.45, 2.75) is 30.3 Å². The zero-order valence-electron chi connectivity index (χ0n) is 17.6. The van der Waals surface area contributed by atoms with Crippen LogP contribution in [0.15, 0.2) is 71.3 Å². The van der Waals surface area contributed by atoms with Gasteiger partial charge in [0.25, 0.3) is 5.69 Å². The number of nitro benzene ring substituents is 1. The SMILES string of the molecule is O=C(c1ccco1)[C@@H]1[C@@H](c2cccc([N+](=O)[O-])c2)[C@H]2CCCN2[C@@]12C(=O)Nc1ccccc12. The van der Waals surface area contributed by atoms with Gasteiger partial charge in [0.05, 0.1) is 17.1 Å². The second-order valence-electron chi connectivity index (χ2n) is 8.87. The molecule has 166 valence electrons. The van der Waals surface area contributed by atoms with E-state index in [0.29, 0.717) is 17.8 Å². The first kappa shape index (κ1) is 19.9. The van der Waals surface area contributed by atoms with Crippen molar-refractivity contribution < 1.29 is 18.9 Å². The number of para-hydroxylation sites is 1. The third-order valence-electron chi connectivity index (χ3n) is 7.42. The van der Waals surface area contributed by atoms with Crippen molar-refractivity contribution in [1.82, 2.24) is 4.90 Å². The van der Waals surface area contributed by atoms with E-state index in [1.807, 2.05) is 30.3 Å². The van der Waals surface area contributed by atoms with Crippen LogP contribution in [0.5, 0.6) is 0 Å². The van der Waals surface area contributed by atoms with Crippen molar-refractivity contribution in [2.75, 3.05) is 11.9 Å². The van der Waals surface area contributed by atoms with Crippen molar-refractivity contribution in [2.24, 2.45) is 5.92 Å². The Morgan fingerprint density at radius 2 is 2.00 bits per heavy atom. The molecule has 8 heteroatoms. The predicted octanol–water partition coefficient (Wildman–Crippen LogP) is 4.10. The average molecular weight is 443 g/mol. The number of furan rings is 1. The predicted molar refractivity (Wildman–Crippen MR) is 119 cm³/mol. The number of nitrogens with zero attached hydrogens (tertiary/aromatic N) is 2. The van der Waals surface area contributed by atoms with E-state index in [2.05, 4.69) is 10.2 Å². The summed E-state index contributed by atoms with van der Waals surface area (Å²) < 4.78 is 5.49. The highest BCUT2D eigenvalue weighted by Gasteiger charge is 2.69. The Balaban J connectivity index is 1.62. The van der Waals surface area contributed by atoms with Gasteiger partial charge in [-0.05, 0) is 43.1 Å². The first-order chi connectivity index (χ1) is 16.0. The smallest absolute Gasteiger partial charge is 0.269 e. The number of ketones is 1. The summed E-state index contributed by atoms with van der Waals surface area (Å²) in [5, 5.41) is 14.5. The lowest BCUT2D eigenvalue weighted by Crippen LogP contribution is -2.52. The summed E-state index contributed by atoms with van der Waals surface area (Å²) in [4.78, 5) is 41.1. The zero-order valence-corrected chi connectivity index (χ0v) is 17.6. The van der Waals surface area contributed by atoms with E-state index in [0.717, 1.165) is 18.4 Å². The van der Waals surface area contributed by atoms with Crippen molar-refractivity contribution in [1.29, 1.82) is 0 Å². The number of carbonyl (C=O) groups excluding carboxylic acids is 2. The Hall–Kier alpha value is -3.78. The van der Waals surface area contributed by atoms with Crippen LogP contribution < -0.4 is 5.32 Å². The number of anilines is 1. The normalized spacial score (nSPS) is 28.0. The fraction of sp³-hybridized carbons (Fsp3) is 0.280. The molecular formula is C25H21N3O5. The Morgan fingerprint density at radius 3 is 2.79 bits per heavy atom. The zero-order chi connectivity index (χ0) is 22.7. The monoisotopic (exact) mass is 443 g/mol. The van der Waals surface area contributed by atoms with Gasteiger partial charge < -0.3 is 9.73 Å². The number of hydrogen-bond acceptors (Lipinski definition) is 6. The van der Waals surface area contributed by atoms with Crippen LogP contribution in [-0.4, -0.2) is 34.1 Å². The number of rotatable bonds is 4. The molecule has 4 heterocycles. The Labute approximate surface area is 189 Å². The minimum absolute atomic E-state index is 0.0292. The summed E-state index contributed by atoms with van der Waals surface area (Å²) in [7, 11) is 0. The summed E-state index contributed by atoms with van der Waals surface area (Å²) >= 11 is 0. The van der Waals surface area contributed by atoms with Crippen LogP contribution in [0.1, 0.15) is 40.4 Å². The van der Waals surface area contributed by atoms with Crippen molar-refractivity contribution >= 4 is 23.1 Å². The number of nitrogens with one attached hydrogen (secondary N) is 1. The van der Waals surface area contributed by atoms with E-state index < -0.39 is 22.3 Å². The molecule has 1 N–H and O–H groups in total. The molecule has 3 aliphatic heterocycles. The second kappa shape index (κ2) is 7.11. The molecule has 33 heavy (non-hydrogen) atoms. The maximum atomic E-state index is 14.0. The maximum absolute atomic E-state index is 14.0. The quantitative estimate of drug-likeness (QED) is 0.370. The standard InChI is InChI=1S/C25H21N3O5/c29-23(20-11-5-13-33-20)22-21(15-6-3-7-16(14-15)28(31)32)19-10-4-12-27(19)25(22)17-8-1-2-9-18(17)26-24(25)30/h1-3,5-9,11,13-14,19,21-22H,4,10,12H2,(H,26,30)/t19-,21+,22+,25-/m1/s1. The number of hydrogen-bond donors (Lipinski definition) is 1. The van der Waals surface area contributed by atoms with E-state index in [9.17, 15) is 19.7 Å². The largest absolute Gasteiger partial charge is 0.461 e. The molecule has 1 amide bonds. The van der Waals surface area contributed by atoms with Crippen LogP contribution in [-0.2, 0) is 10.3 Å². The van der Waals surface area contributed by atoms with Crippen LogP contribution in [0, 0.1) is 16.0 Å². The highest BCUT2D eigenvalue weighted by Crippen LogP contribution is 2.61. The van der Waals surface area contributed by atoms with Gasteiger partial charge in [-0.25, -0.2) is 0 Å². The van der Waals surface area contributed by atoms with Crippen molar-refractivity contribution in [3.63, 3.8) is 0 Å². The van der Waals surface area contributed by atoms with Crippen LogP contribution in [0.4, 0.5) is 11.4 Å². The highest BCUT2D eigenvalue weighted by molar-refractivity contribution is 6.11. The third kappa shape index (κ3) is 2.61. The summed E-state index contributed by atoms with van der Waals surface area (Å²) in [6, 6.07) is 17.1. The number of nitro groups is 1. The van der Waals surface area contributed by atoms with Crippen LogP contribution in [0.25, 0.3) is 0 Å². The van der Waals surface area contributed by atoms with Gasteiger partial charge in [0.2, 0.25) is 11.7 Å². The fourth-order valence-electron chi connectivity index (χ4n) is 6.31. The Bertz CT molecular complexity index is 1290. The molecule has 6 rings (SSSR count). The van der Waals surface area contributed by atoms with Crippen molar-refractivity contribution in [3.8, 4) is 0 Å². The second-order valence-corrected chi connectivity index (χ2v) is 8.87. The van der Waals surface area contributed by atoms with E-state index in [4.69, 9.17) is 4.42 Å². The van der Waals surface area contributed by atoms with E-state index in [1.165, 1.54) is 12.3 Å². The average Bonchev–Trinajstić information content (AvgIpc) is 3.59. The summed E-state index contributed by atoms with van der Waals surface area (Å²) in [5.41, 5.74) is 0.944. The third-order valence-corrected chi connectivity index (χ3v) is 7.42. The van der Waals surface area contributed by atoms with Crippen molar-refractivity contribution in [3.05, 3.63) is 93.9 Å². The fourth-order valence-corrected chi connectivity index (χ4v) is 6.31. The van der Waals surface area contributed by atoms with Gasteiger partial charge in [-0.3, -0.25) is 24.6 Å². The maximum Gasteiger partial charge on any atom is 0.269 e. The molecule has 0 bridgehead atoms. The summed E-state index contributed by atoms with van der Waals surface area (Å²) in [6.07, 6.45) is 3.13. The van der Waals surface area contributed by atoms with E-state index in [-0.39, 0.29) is 29.2 Å². The number of non-ortho nitro benzene ring substituents is 1. The Morgan fingerprint density at radius 1 is 1.15 bits per heavy atom. The molecule has 3 aromatic rings. The van der Waals surface area contributed by atoms with Gasteiger partial charge in [0.15, 0.2) is 5.76 Å². The van der Waals surface area contributed by atoms with Gasteiger partial charge in [-0.2, -0.15) is 0 Å². The molecule has 2 aromatic carbocycles. The van der Waals surface area contributed by atoms with Gasteiger partial charge in [-0.1, -0.05) is 30.3 Å². The molecule has 1 spiro atoms. The molecule has 0 radical (unpaired) electrons. The lowest BCUT2D eigenvalue weighted by atomic mass is 9.69. The van der Waals surface area contributed by atoms with Crippen LogP contribution in [0.2, 0.25) is 0 Å². The molecule has 0 saturated carbocycles. The molecule has 2 fully saturated rings. The minimum Gasteiger partial charge on any atom is -0.461 e. The minimum atomic E-state index is -1.20. The van der Waals surface area contributed by atoms with Gasteiger partial charge >= 0.3 is 0 Å². The number of fused-ring (bicyclic) bond motifs is 4. The Kier molecular flexibility index (Phi) is 4.28. The molecule has 1 aromatic heterocycles. The molecule has 3 aliphatic rings. The summed E-state index contributed by atoms with van der Waals surface area (Å²) in [6.45, 7) is 0.666. The van der Waals surface area contributed by atoms with Crippen LogP contribution >= 0.6 is 0 Å². The number of amides is 1. The topological polar surface area (TPSA) is 106 Å². The first-order valence-corrected chi connectivity index (χ1v) is 11.0. The first-order valence-electron chi connectivity index (χ1n) is 11.0. The molecule has 0 unspecified atom stereocenters. The lowest BCUT2D eigenvalue weighted by Gasteiger charge is -2.36. The summed E-state index contributed by atoms with van der Waals surface area (Å²) in [5.74, 6) is -1.50.